The summed E-state index contributed by atoms with van der Waals surface area (Å²) in [6.07, 6.45) is 0.699. The van der Waals surface area contributed by atoms with Gasteiger partial charge in [0, 0.05) is 0 Å². The number of rotatable bonds is 6. The Kier molecular flexibility index (Phi) is 5.67. The average Bonchev–Trinajstić information content (AvgIpc) is 2.23. The molecule has 0 saturated heterocycles. The van der Waals surface area contributed by atoms with Gasteiger partial charge in [-0.05, 0) is 5.92 Å². The van der Waals surface area contributed by atoms with Gasteiger partial charge in [-0.25, -0.2) is 8.78 Å². The molecule has 0 radical (unpaired) electrons. The van der Waals surface area contributed by atoms with Crippen LogP contribution in [0.2, 0.25) is 0 Å². The van der Waals surface area contributed by atoms with Crippen LogP contribution >= 0.6 is 0 Å². The van der Waals surface area contributed by atoms with Crippen molar-refractivity contribution in [3.8, 4) is 0 Å². The molecule has 1 unspecified atom stereocenters. The summed E-state index contributed by atoms with van der Waals surface area (Å²) in [6.45, 7) is 1.47. The van der Waals surface area contributed by atoms with Gasteiger partial charge in [0.2, 0.25) is 5.91 Å². The number of aliphatic hydroxyl groups is 1. The Morgan fingerprint density at radius 2 is 2.13 bits per heavy atom. The first-order valence-corrected chi connectivity index (χ1v) is 4.86. The minimum atomic E-state index is -3.29. The van der Waals surface area contributed by atoms with Crippen LogP contribution in [-0.2, 0) is 4.79 Å². The first kappa shape index (κ1) is 14.2. The Balaban J connectivity index is 4.04. The molecule has 0 aromatic rings. The molecule has 4 N–H and O–H groups in total. The first-order chi connectivity index (χ1) is 6.84. The largest absolute Gasteiger partial charge is 0.390 e. The van der Waals surface area contributed by atoms with Gasteiger partial charge in [-0.2, -0.15) is 0 Å². The topological polar surface area (TPSA) is 75.4 Å². The van der Waals surface area contributed by atoms with Gasteiger partial charge in [-0.1, -0.05) is 20.3 Å². The number of carbonyl (C=O) groups is 1. The number of alkyl halides is 2. The zero-order chi connectivity index (χ0) is 12.1. The Morgan fingerprint density at radius 1 is 1.60 bits per heavy atom. The van der Waals surface area contributed by atoms with Crippen molar-refractivity contribution >= 4 is 5.91 Å². The highest BCUT2D eigenvalue weighted by molar-refractivity contribution is 5.81. The van der Waals surface area contributed by atoms with Gasteiger partial charge in [-0.3, -0.25) is 4.79 Å². The molecule has 1 amide bonds. The molecule has 4 nitrogen and oxygen atoms in total. The Morgan fingerprint density at radius 3 is 2.53 bits per heavy atom. The quantitative estimate of drug-likeness (QED) is 0.599. The Hall–Kier alpha value is -0.750. The number of nitrogens with one attached hydrogen (secondary N) is 1. The molecule has 0 rings (SSSR count). The van der Waals surface area contributed by atoms with E-state index in [1.165, 1.54) is 0 Å². The Bertz CT molecular complexity index is 212. The fourth-order valence-corrected chi connectivity index (χ4v) is 0.903. The van der Waals surface area contributed by atoms with Crippen LogP contribution in [0.5, 0.6) is 0 Å². The van der Waals surface area contributed by atoms with E-state index in [-0.39, 0.29) is 5.92 Å². The van der Waals surface area contributed by atoms with Crippen molar-refractivity contribution in [2.75, 3.05) is 13.2 Å². The summed E-state index contributed by atoms with van der Waals surface area (Å²) in [7, 11) is 0. The molecule has 6 heteroatoms. The number of amides is 1. The SMILES string of the molecule is CCC(C)[C@H](N)C(=O)NCC(F)(F)CO. The molecule has 0 aliphatic rings. The van der Waals surface area contributed by atoms with Crippen molar-refractivity contribution < 1.29 is 18.7 Å². The van der Waals surface area contributed by atoms with Crippen molar-refractivity contribution in [2.24, 2.45) is 11.7 Å². The summed E-state index contributed by atoms with van der Waals surface area (Å²) in [6, 6.07) is -0.788. The average molecular weight is 224 g/mol. The third-order valence-corrected chi connectivity index (χ3v) is 2.31. The molecule has 0 aromatic heterocycles. The highest BCUT2D eigenvalue weighted by Crippen LogP contribution is 2.10. The van der Waals surface area contributed by atoms with Crippen molar-refractivity contribution in [1.82, 2.24) is 5.32 Å². The highest BCUT2D eigenvalue weighted by atomic mass is 19.3. The van der Waals surface area contributed by atoms with Crippen LogP contribution in [0.15, 0.2) is 0 Å². The molecule has 0 fully saturated rings. The lowest BCUT2D eigenvalue weighted by atomic mass is 9.99. The monoisotopic (exact) mass is 224 g/mol. The molecule has 0 saturated carbocycles. The lowest BCUT2D eigenvalue weighted by Crippen LogP contribution is -2.48. The predicted molar refractivity (Wildman–Crippen MR) is 52.5 cm³/mol. The number of halogens is 2. The summed E-state index contributed by atoms with van der Waals surface area (Å²) in [5.74, 6) is -3.96. The normalized spacial score (nSPS) is 15.9. The van der Waals surface area contributed by atoms with Gasteiger partial charge in [0.1, 0.15) is 6.61 Å². The van der Waals surface area contributed by atoms with Crippen LogP contribution in [0.25, 0.3) is 0 Å². The second kappa shape index (κ2) is 5.97. The number of hydrogen-bond acceptors (Lipinski definition) is 3. The van der Waals surface area contributed by atoms with E-state index in [1.807, 2.05) is 12.2 Å². The van der Waals surface area contributed by atoms with Gasteiger partial charge >= 0.3 is 0 Å². The van der Waals surface area contributed by atoms with Crippen LogP contribution in [0.3, 0.4) is 0 Å². The van der Waals surface area contributed by atoms with Crippen molar-refractivity contribution in [2.45, 2.75) is 32.2 Å². The smallest absolute Gasteiger partial charge is 0.287 e. The minimum Gasteiger partial charge on any atom is -0.390 e. The summed E-state index contributed by atoms with van der Waals surface area (Å²) in [5.41, 5.74) is 5.52. The Labute approximate surface area is 87.8 Å². The fourth-order valence-electron chi connectivity index (χ4n) is 0.903. The third kappa shape index (κ3) is 5.03. The zero-order valence-electron chi connectivity index (χ0n) is 8.96. The van der Waals surface area contributed by atoms with Crippen LogP contribution < -0.4 is 11.1 Å². The maximum atomic E-state index is 12.6. The van der Waals surface area contributed by atoms with Crippen LogP contribution in [0.1, 0.15) is 20.3 Å². The summed E-state index contributed by atoms with van der Waals surface area (Å²) < 4.78 is 25.1. The summed E-state index contributed by atoms with van der Waals surface area (Å²) >= 11 is 0. The summed E-state index contributed by atoms with van der Waals surface area (Å²) in [4.78, 5) is 11.3. The molecule has 0 aliphatic heterocycles. The van der Waals surface area contributed by atoms with Gasteiger partial charge in [-0.15, -0.1) is 0 Å². The molecule has 2 atom stereocenters. The fraction of sp³-hybridized carbons (Fsp3) is 0.889. The molecule has 0 aromatic carbocycles. The zero-order valence-corrected chi connectivity index (χ0v) is 8.96. The standard InChI is InChI=1S/C9H18F2N2O2/c1-3-6(2)7(12)8(15)13-4-9(10,11)5-14/h6-7,14H,3-5,12H2,1-2H3,(H,13,15)/t6?,7-/m0/s1. The number of aliphatic hydroxyl groups excluding tert-OH is 1. The molecule has 0 heterocycles. The van der Waals surface area contributed by atoms with Crippen LogP contribution in [0, 0.1) is 5.92 Å². The second-order valence-electron chi connectivity index (χ2n) is 3.64. The molecule has 0 bridgehead atoms. The number of carbonyl (C=O) groups excluding carboxylic acids is 1. The number of hydrogen-bond donors (Lipinski definition) is 3. The van der Waals surface area contributed by atoms with E-state index in [0.717, 1.165) is 0 Å². The molecule has 90 valence electrons. The molecular weight excluding hydrogens is 206 g/mol. The van der Waals surface area contributed by atoms with Gasteiger partial charge in [0.15, 0.2) is 0 Å². The maximum absolute atomic E-state index is 12.6. The number of nitrogens with two attached hydrogens (primary N) is 1. The first-order valence-electron chi connectivity index (χ1n) is 4.86. The van der Waals surface area contributed by atoms with Crippen molar-refractivity contribution in [3.63, 3.8) is 0 Å². The van der Waals surface area contributed by atoms with E-state index in [0.29, 0.717) is 6.42 Å². The van der Waals surface area contributed by atoms with Gasteiger partial charge < -0.3 is 16.2 Å². The molecule has 15 heavy (non-hydrogen) atoms. The molecular formula is C9H18F2N2O2. The molecule has 0 spiro atoms. The van der Waals surface area contributed by atoms with Crippen molar-refractivity contribution in [3.05, 3.63) is 0 Å². The minimum absolute atomic E-state index is 0.0623. The van der Waals surface area contributed by atoms with E-state index in [9.17, 15) is 13.6 Å². The lowest BCUT2D eigenvalue weighted by molar-refractivity contribution is -0.126. The molecule has 0 aliphatic carbocycles. The van der Waals surface area contributed by atoms with E-state index in [1.54, 1.807) is 6.92 Å². The third-order valence-electron chi connectivity index (χ3n) is 2.31. The van der Waals surface area contributed by atoms with E-state index >= 15 is 0 Å². The summed E-state index contributed by atoms with van der Waals surface area (Å²) in [5, 5.41) is 10.3. The second-order valence-corrected chi connectivity index (χ2v) is 3.64. The van der Waals surface area contributed by atoms with E-state index < -0.39 is 31.0 Å². The highest BCUT2D eigenvalue weighted by Gasteiger charge is 2.29. The van der Waals surface area contributed by atoms with Gasteiger partial charge in [0.05, 0.1) is 12.6 Å². The van der Waals surface area contributed by atoms with Crippen LogP contribution in [0.4, 0.5) is 8.78 Å². The maximum Gasteiger partial charge on any atom is 0.287 e. The van der Waals surface area contributed by atoms with E-state index in [2.05, 4.69) is 0 Å². The predicted octanol–water partition coefficient (Wildman–Crippen LogP) is 0.104. The van der Waals surface area contributed by atoms with Gasteiger partial charge in [0.25, 0.3) is 5.92 Å². The lowest BCUT2D eigenvalue weighted by Gasteiger charge is -2.20. The van der Waals surface area contributed by atoms with Crippen molar-refractivity contribution in [1.29, 1.82) is 0 Å². The van der Waals surface area contributed by atoms with E-state index in [4.69, 9.17) is 10.8 Å². The van der Waals surface area contributed by atoms with Crippen LogP contribution in [-0.4, -0.2) is 36.1 Å².